The molecule has 3 heterocycles. The number of carbonyl (C=O) groups is 2. The Labute approximate surface area is 158 Å². The molecule has 136 valence electrons. The molecule has 3 saturated heterocycles. The number of anilines is 1. The number of halogens is 2. The van der Waals surface area contributed by atoms with Gasteiger partial charge in [-0.05, 0) is 49.3 Å². The Morgan fingerprint density at radius 1 is 1.24 bits per heavy atom. The molecule has 0 aromatic heterocycles. The van der Waals surface area contributed by atoms with Crippen LogP contribution in [0.5, 0.6) is 0 Å². The van der Waals surface area contributed by atoms with E-state index in [1.165, 1.54) is 0 Å². The third kappa shape index (κ3) is 3.14. The van der Waals surface area contributed by atoms with Crippen molar-refractivity contribution < 1.29 is 9.59 Å². The lowest BCUT2D eigenvalue weighted by Crippen LogP contribution is -2.40. The average molecular weight is 384 g/mol. The molecule has 0 radical (unpaired) electrons. The molecule has 2 bridgehead atoms. The van der Waals surface area contributed by atoms with Gasteiger partial charge in [0.1, 0.15) is 6.42 Å². The quantitative estimate of drug-likeness (QED) is 0.788. The van der Waals surface area contributed by atoms with E-state index >= 15 is 0 Å². The minimum atomic E-state index is -0.264. The Bertz CT molecular complexity index is 679. The summed E-state index contributed by atoms with van der Waals surface area (Å²) in [5, 5.41) is 6.87. The van der Waals surface area contributed by atoms with Gasteiger partial charge in [-0.25, -0.2) is 0 Å². The van der Waals surface area contributed by atoms with Gasteiger partial charge in [-0.15, -0.1) is 12.4 Å². The Balaban J connectivity index is 0.00000182. The molecule has 3 aliphatic rings. The molecule has 4 rings (SSSR count). The van der Waals surface area contributed by atoms with Crippen LogP contribution in [-0.4, -0.2) is 41.9 Å². The highest BCUT2D eigenvalue weighted by molar-refractivity contribution is 6.31. The van der Waals surface area contributed by atoms with Crippen molar-refractivity contribution in [2.24, 2.45) is 11.8 Å². The van der Waals surface area contributed by atoms with Gasteiger partial charge in [0.05, 0.1) is 0 Å². The molecular formula is C18H23Cl2N3O2. The van der Waals surface area contributed by atoms with Crippen LogP contribution in [0, 0.1) is 18.8 Å². The van der Waals surface area contributed by atoms with Gasteiger partial charge >= 0.3 is 0 Å². The topological polar surface area (TPSA) is 61.4 Å². The first-order valence-corrected chi connectivity index (χ1v) is 9.01. The van der Waals surface area contributed by atoms with Gasteiger partial charge in [0, 0.05) is 35.9 Å². The van der Waals surface area contributed by atoms with Gasteiger partial charge in [0.15, 0.2) is 0 Å². The highest BCUT2D eigenvalue weighted by Crippen LogP contribution is 2.47. The number of benzene rings is 1. The van der Waals surface area contributed by atoms with E-state index in [0.29, 0.717) is 34.6 Å². The fraction of sp³-hybridized carbons (Fsp3) is 0.556. The van der Waals surface area contributed by atoms with Crippen molar-refractivity contribution in [2.45, 2.75) is 38.3 Å². The zero-order chi connectivity index (χ0) is 16.8. The lowest BCUT2D eigenvalue weighted by molar-refractivity contribution is -0.136. The summed E-state index contributed by atoms with van der Waals surface area (Å²) in [6.45, 7) is 3.86. The number of rotatable bonds is 3. The van der Waals surface area contributed by atoms with Crippen LogP contribution in [0.15, 0.2) is 18.2 Å². The molecule has 1 aromatic rings. The first kappa shape index (κ1) is 18.5. The fourth-order valence-corrected chi connectivity index (χ4v) is 4.98. The van der Waals surface area contributed by atoms with Gasteiger partial charge in [-0.3, -0.25) is 9.59 Å². The number of carbonyl (C=O) groups excluding carboxylic acids is 2. The van der Waals surface area contributed by atoms with E-state index < -0.39 is 0 Å². The number of nitrogens with zero attached hydrogens (tertiary/aromatic N) is 1. The van der Waals surface area contributed by atoms with Gasteiger partial charge in [-0.1, -0.05) is 17.7 Å². The Morgan fingerprint density at radius 2 is 1.88 bits per heavy atom. The Morgan fingerprint density at radius 3 is 2.52 bits per heavy atom. The SMILES string of the molecule is Cc1c(Cl)cccc1NC(=O)CC(=O)N1[C@@H]2CC[C@H]1[C@H]1CNC[C@H]12.Cl. The molecule has 3 fully saturated rings. The largest absolute Gasteiger partial charge is 0.336 e. The van der Waals surface area contributed by atoms with Crippen molar-refractivity contribution in [1.82, 2.24) is 10.2 Å². The number of hydrogen-bond donors (Lipinski definition) is 2. The minimum Gasteiger partial charge on any atom is -0.336 e. The second-order valence-corrected chi connectivity index (χ2v) is 7.54. The molecular weight excluding hydrogens is 361 g/mol. The third-order valence-electron chi connectivity index (χ3n) is 5.91. The van der Waals surface area contributed by atoms with Crippen LogP contribution in [0.3, 0.4) is 0 Å². The van der Waals surface area contributed by atoms with E-state index in [1.807, 2.05) is 11.8 Å². The summed E-state index contributed by atoms with van der Waals surface area (Å²) in [5.41, 5.74) is 1.49. The van der Waals surface area contributed by atoms with Gasteiger partial charge in [0.2, 0.25) is 11.8 Å². The fourth-order valence-electron chi connectivity index (χ4n) is 4.80. The van der Waals surface area contributed by atoms with Crippen molar-refractivity contribution in [1.29, 1.82) is 0 Å². The molecule has 5 nitrogen and oxygen atoms in total. The molecule has 0 spiro atoms. The van der Waals surface area contributed by atoms with Crippen LogP contribution < -0.4 is 10.6 Å². The van der Waals surface area contributed by atoms with Crippen LogP contribution in [0.4, 0.5) is 5.69 Å². The maximum atomic E-state index is 12.7. The smallest absolute Gasteiger partial charge is 0.233 e. The molecule has 1 aromatic carbocycles. The molecule has 25 heavy (non-hydrogen) atoms. The van der Waals surface area contributed by atoms with Crippen molar-refractivity contribution >= 4 is 41.5 Å². The maximum Gasteiger partial charge on any atom is 0.233 e. The third-order valence-corrected chi connectivity index (χ3v) is 6.32. The van der Waals surface area contributed by atoms with E-state index in [0.717, 1.165) is 31.5 Å². The maximum absolute atomic E-state index is 12.7. The van der Waals surface area contributed by atoms with Gasteiger partial charge in [0.25, 0.3) is 0 Å². The molecule has 0 aliphatic carbocycles. The predicted octanol–water partition coefficient (Wildman–Crippen LogP) is 2.61. The standard InChI is InChI=1S/C18H22ClN3O2.ClH/c1-10-13(19)3-2-4-14(10)21-17(23)7-18(24)22-15-5-6-16(22)12-9-20-8-11(12)15;/h2-4,11-12,15-16,20H,5-9H2,1H3,(H,21,23);1H/t11-,12+,15-,16+;. The lowest BCUT2D eigenvalue weighted by atomic mass is 9.82. The Hall–Kier alpha value is -1.30. The Kier molecular flexibility index (Phi) is 5.28. The van der Waals surface area contributed by atoms with E-state index in [4.69, 9.17) is 11.6 Å². The van der Waals surface area contributed by atoms with Crippen LogP contribution >= 0.6 is 24.0 Å². The molecule has 0 unspecified atom stereocenters. The van der Waals surface area contributed by atoms with Crippen molar-refractivity contribution in [3.05, 3.63) is 28.8 Å². The van der Waals surface area contributed by atoms with Crippen LogP contribution in [0.2, 0.25) is 5.02 Å². The molecule has 3 aliphatic heterocycles. The number of fused-ring (bicyclic) bond motifs is 5. The summed E-state index contributed by atoms with van der Waals surface area (Å²) in [7, 11) is 0. The van der Waals surface area contributed by atoms with E-state index in [2.05, 4.69) is 10.6 Å². The predicted molar refractivity (Wildman–Crippen MR) is 100 cm³/mol. The minimum absolute atomic E-state index is 0. The van der Waals surface area contributed by atoms with Gasteiger partial charge in [-0.2, -0.15) is 0 Å². The van der Waals surface area contributed by atoms with Crippen molar-refractivity contribution in [3.63, 3.8) is 0 Å². The number of amides is 2. The second kappa shape index (κ2) is 7.14. The normalized spacial score (nSPS) is 29.3. The second-order valence-electron chi connectivity index (χ2n) is 7.14. The van der Waals surface area contributed by atoms with E-state index in [9.17, 15) is 9.59 Å². The number of hydrogen-bond acceptors (Lipinski definition) is 3. The molecule has 2 N–H and O–H groups in total. The lowest BCUT2D eigenvalue weighted by Gasteiger charge is -2.24. The summed E-state index contributed by atoms with van der Waals surface area (Å²) in [5.74, 6) is 0.853. The monoisotopic (exact) mass is 383 g/mol. The van der Waals surface area contributed by atoms with E-state index in [1.54, 1.807) is 18.2 Å². The zero-order valence-electron chi connectivity index (χ0n) is 14.1. The molecule has 4 atom stereocenters. The average Bonchev–Trinajstić information content (AvgIpc) is 3.22. The first-order chi connectivity index (χ1) is 11.6. The van der Waals surface area contributed by atoms with E-state index in [-0.39, 0.29) is 30.6 Å². The van der Waals surface area contributed by atoms with Crippen LogP contribution in [-0.2, 0) is 9.59 Å². The summed E-state index contributed by atoms with van der Waals surface area (Å²) < 4.78 is 0. The number of nitrogens with one attached hydrogen (secondary N) is 2. The summed E-state index contributed by atoms with van der Waals surface area (Å²) in [6, 6.07) is 6.03. The van der Waals surface area contributed by atoms with Gasteiger partial charge < -0.3 is 15.5 Å². The summed E-state index contributed by atoms with van der Waals surface area (Å²) in [4.78, 5) is 27.0. The molecule has 7 heteroatoms. The van der Waals surface area contributed by atoms with Crippen molar-refractivity contribution in [2.75, 3.05) is 18.4 Å². The van der Waals surface area contributed by atoms with Crippen molar-refractivity contribution in [3.8, 4) is 0 Å². The molecule has 0 saturated carbocycles. The first-order valence-electron chi connectivity index (χ1n) is 8.63. The summed E-state index contributed by atoms with van der Waals surface area (Å²) in [6.07, 6.45) is 2.06. The van der Waals surface area contributed by atoms with Crippen LogP contribution in [0.25, 0.3) is 0 Å². The van der Waals surface area contributed by atoms with Crippen LogP contribution in [0.1, 0.15) is 24.8 Å². The highest BCUT2D eigenvalue weighted by atomic mass is 35.5. The summed E-state index contributed by atoms with van der Waals surface area (Å²) >= 11 is 6.08. The zero-order valence-corrected chi connectivity index (χ0v) is 15.7. The highest BCUT2D eigenvalue weighted by Gasteiger charge is 2.56. The molecule has 2 amide bonds.